The number of rotatable bonds is 8. The number of thioether (sulfide) groups is 1. The van der Waals surface area contributed by atoms with Gasteiger partial charge in [0.15, 0.2) is 5.16 Å². The second kappa shape index (κ2) is 9.60. The van der Waals surface area contributed by atoms with Crippen LogP contribution in [0.25, 0.3) is 5.69 Å². The first-order valence-corrected chi connectivity index (χ1v) is 10.6. The van der Waals surface area contributed by atoms with Crippen LogP contribution in [0.1, 0.15) is 36.6 Å². The number of hydrogen-bond acceptors (Lipinski definition) is 5. The SMILES string of the molecule is CCOc1cccc(C(C)NC(=O)CSc2nncn2-c2ccc(C)c(C)c2)c1. The highest BCUT2D eigenvalue weighted by Crippen LogP contribution is 2.22. The zero-order chi connectivity index (χ0) is 20.8. The van der Waals surface area contributed by atoms with E-state index in [4.69, 9.17) is 4.74 Å². The van der Waals surface area contributed by atoms with Crippen molar-refractivity contribution < 1.29 is 9.53 Å². The first-order chi connectivity index (χ1) is 14.0. The molecule has 1 aromatic heterocycles. The normalized spacial score (nSPS) is 11.9. The topological polar surface area (TPSA) is 69.0 Å². The number of hydrogen-bond donors (Lipinski definition) is 1. The second-order valence-electron chi connectivity index (χ2n) is 6.84. The summed E-state index contributed by atoms with van der Waals surface area (Å²) in [4.78, 5) is 12.5. The van der Waals surface area contributed by atoms with E-state index in [0.717, 1.165) is 17.0 Å². The minimum Gasteiger partial charge on any atom is -0.494 e. The summed E-state index contributed by atoms with van der Waals surface area (Å²) in [5, 5.41) is 11.9. The molecule has 3 aromatic rings. The quantitative estimate of drug-likeness (QED) is 0.562. The lowest BCUT2D eigenvalue weighted by molar-refractivity contribution is -0.119. The Morgan fingerprint density at radius 2 is 2.03 bits per heavy atom. The Hall–Kier alpha value is -2.80. The minimum absolute atomic E-state index is 0.0565. The van der Waals surface area contributed by atoms with Crippen LogP contribution in [0.2, 0.25) is 0 Å². The predicted molar refractivity (Wildman–Crippen MR) is 116 cm³/mol. The van der Waals surface area contributed by atoms with Crippen molar-refractivity contribution in [3.8, 4) is 11.4 Å². The van der Waals surface area contributed by atoms with Crippen molar-refractivity contribution >= 4 is 17.7 Å². The third-order valence-corrected chi connectivity index (χ3v) is 5.61. The highest BCUT2D eigenvalue weighted by molar-refractivity contribution is 7.99. The van der Waals surface area contributed by atoms with Crippen LogP contribution < -0.4 is 10.1 Å². The highest BCUT2D eigenvalue weighted by atomic mass is 32.2. The van der Waals surface area contributed by atoms with Gasteiger partial charge in [0.2, 0.25) is 5.91 Å². The van der Waals surface area contributed by atoms with Gasteiger partial charge in [-0.2, -0.15) is 0 Å². The average molecular weight is 411 g/mol. The summed E-state index contributed by atoms with van der Waals surface area (Å²) in [6, 6.07) is 13.9. The van der Waals surface area contributed by atoms with E-state index in [2.05, 4.69) is 41.5 Å². The third kappa shape index (κ3) is 5.38. The van der Waals surface area contributed by atoms with Crippen molar-refractivity contribution in [3.05, 3.63) is 65.5 Å². The van der Waals surface area contributed by atoms with Gasteiger partial charge in [-0.3, -0.25) is 9.36 Å². The summed E-state index contributed by atoms with van der Waals surface area (Å²) in [5.41, 5.74) is 4.43. The highest BCUT2D eigenvalue weighted by Gasteiger charge is 2.14. The Bertz CT molecular complexity index is 986. The molecule has 1 atom stereocenters. The van der Waals surface area contributed by atoms with Crippen molar-refractivity contribution in [3.63, 3.8) is 0 Å². The zero-order valence-electron chi connectivity index (χ0n) is 17.2. The van der Waals surface area contributed by atoms with Gasteiger partial charge in [-0.1, -0.05) is 30.0 Å². The summed E-state index contributed by atoms with van der Waals surface area (Å²) < 4.78 is 7.44. The second-order valence-corrected chi connectivity index (χ2v) is 7.78. The zero-order valence-corrected chi connectivity index (χ0v) is 18.0. The van der Waals surface area contributed by atoms with Crippen LogP contribution >= 0.6 is 11.8 Å². The number of nitrogens with one attached hydrogen (secondary N) is 1. The number of nitrogens with zero attached hydrogens (tertiary/aromatic N) is 3. The molecule has 6 nitrogen and oxygen atoms in total. The third-order valence-electron chi connectivity index (χ3n) is 4.66. The lowest BCUT2D eigenvalue weighted by atomic mass is 10.1. The molecule has 3 rings (SSSR count). The molecule has 0 aliphatic rings. The minimum atomic E-state index is -0.110. The van der Waals surface area contributed by atoms with Crippen LogP contribution in [0, 0.1) is 13.8 Å². The van der Waals surface area contributed by atoms with Gasteiger partial charge in [0.1, 0.15) is 12.1 Å². The smallest absolute Gasteiger partial charge is 0.230 e. The molecule has 1 N–H and O–H groups in total. The predicted octanol–water partition coefficient (Wildman–Crippen LogP) is 4.25. The fraction of sp³-hybridized carbons (Fsp3) is 0.318. The largest absolute Gasteiger partial charge is 0.494 e. The molecule has 0 spiro atoms. The maximum Gasteiger partial charge on any atom is 0.230 e. The molecular weight excluding hydrogens is 384 g/mol. The fourth-order valence-corrected chi connectivity index (χ4v) is 3.65. The Morgan fingerprint density at radius 3 is 2.79 bits per heavy atom. The maximum atomic E-state index is 12.5. The molecule has 152 valence electrons. The van der Waals surface area contributed by atoms with E-state index in [-0.39, 0.29) is 17.7 Å². The van der Waals surface area contributed by atoms with Crippen LogP contribution in [0.15, 0.2) is 53.9 Å². The Kier molecular flexibility index (Phi) is 6.93. The maximum absolute atomic E-state index is 12.5. The van der Waals surface area contributed by atoms with Crippen molar-refractivity contribution in [2.45, 2.75) is 38.9 Å². The molecule has 1 heterocycles. The molecule has 1 unspecified atom stereocenters. The number of amides is 1. The lowest BCUT2D eigenvalue weighted by Gasteiger charge is -2.15. The number of aryl methyl sites for hydroxylation is 2. The monoisotopic (exact) mass is 410 g/mol. The first kappa shape index (κ1) is 20.9. The molecule has 0 saturated heterocycles. The molecule has 0 saturated carbocycles. The van der Waals surface area contributed by atoms with Crippen LogP contribution in [-0.4, -0.2) is 33.0 Å². The Labute approximate surface area is 175 Å². The molecule has 0 aliphatic carbocycles. The fourth-order valence-electron chi connectivity index (χ4n) is 2.91. The van der Waals surface area contributed by atoms with Gasteiger partial charge in [-0.05, 0) is 68.7 Å². The molecule has 29 heavy (non-hydrogen) atoms. The van der Waals surface area contributed by atoms with Crippen molar-refractivity contribution in [2.24, 2.45) is 0 Å². The molecule has 0 aliphatic heterocycles. The van der Waals surface area contributed by atoms with Gasteiger partial charge >= 0.3 is 0 Å². The molecule has 0 bridgehead atoms. The van der Waals surface area contributed by atoms with E-state index in [1.165, 1.54) is 22.9 Å². The summed E-state index contributed by atoms with van der Waals surface area (Å²) in [6.07, 6.45) is 1.67. The van der Waals surface area contributed by atoms with Gasteiger partial charge in [0, 0.05) is 5.69 Å². The van der Waals surface area contributed by atoms with Gasteiger partial charge in [0.25, 0.3) is 0 Å². The number of ether oxygens (including phenoxy) is 1. The van der Waals surface area contributed by atoms with Gasteiger partial charge in [-0.15, -0.1) is 10.2 Å². The van der Waals surface area contributed by atoms with E-state index in [1.54, 1.807) is 6.33 Å². The van der Waals surface area contributed by atoms with E-state index in [9.17, 15) is 4.79 Å². The summed E-state index contributed by atoms with van der Waals surface area (Å²) >= 11 is 1.37. The van der Waals surface area contributed by atoms with Crippen molar-refractivity contribution in [1.82, 2.24) is 20.1 Å². The molecule has 0 fully saturated rings. The Balaban J connectivity index is 1.61. The number of benzene rings is 2. The Morgan fingerprint density at radius 1 is 1.21 bits per heavy atom. The summed E-state index contributed by atoms with van der Waals surface area (Å²) in [5.74, 6) is 1.01. The van der Waals surface area contributed by atoms with Crippen LogP contribution in [-0.2, 0) is 4.79 Å². The molecule has 0 radical (unpaired) electrons. The van der Waals surface area contributed by atoms with Crippen LogP contribution in [0.5, 0.6) is 5.75 Å². The van der Waals surface area contributed by atoms with Crippen molar-refractivity contribution in [2.75, 3.05) is 12.4 Å². The first-order valence-electron chi connectivity index (χ1n) is 9.60. The van der Waals surface area contributed by atoms with Gasteiger partial charge < -0.3 is 10.1 Å². The molecule has 7 heteroatoms. The van der Waals surface area contributed by atoms with Gasteiger partial charge in [0.05, 0.1) is 18.4 Å². The van der Waals surface area contributed by atoms with Gasteiger partial charge in [-0.25, -0.2) is 0 Å². The van der Waals surface area contributed by atoms with Crippen LogP contribution in [0.4, 0.5) is 0 Å². The average Bonchev–Trinajstić information content (AvgIpc) is 3.17. The van der Waals surface area contributed by atoms with E-state index >= 15 is 0 Å². The summed E-state index contributed by atoms with van der Waals surface area (Å²) in [6.45, 7) is 8.68. The molecule has 1 amide bonds. The van der Waals surface area contributed by atoms with E-state index in [0.29, 0.717) is 11.8 Å². The van der Waals surface area contributed by atoms with Crippen LogP contribution in [0.3, 0.4) is 0 Å². The number of aromatic nitrogens is 3. The number of carbonyl (C=O) groups is 1. The van der Waals surface area contributed by atoms with Crippen molar-refractivity contribution in [1.29, 1.82) is 0 Å². The lowest BCUT2D eigenvalue weighted by Crippen LogP contribution is -2.28. The standard InChI is InChI=1S/C22H26N4O2S/c1-5-28-20-8-6-7-18(12-20)17(4)24-21(27)13-29-22-25-23-14-26(22)19-10-9-15(2)16(3)11-19/h6-12,14,17H,5,13H2,1-4H3,(H,24,27). The number of carbonyl (C=O) groups excluding carboxylic acids is 1. The summed E-state index contributed by atoms with van der Waals surface area (Å²) in [7, 11) is 0. The molecule has 2 aromatic carbocycles. The van der Waals surface area contributed by atoms with E-state index in [1.807, 2.05) is 48.7 Å². The van der Waals surface area contributed by atoms with E-state index < -0.39 is 0 Å². The molecular formula is C22H26N4O2S.